The van der Waals surface area contributed by atoms with Crippen molar-refractivity contribution in [1.29, 1.82) is 0 Å². The first-order valence-corrected chi connectivity index (χ1v) is 11.7. The lowest BCUT2D eigenvalue weighted by Gasteiger charge is -2.23. The average Bonchev–Trinajstić information content (AvgIpc) is 2.70. The number of nitrogens with zero attached hydrogens (tertiary/aromatic N) is 1. The molecule has 0 saturated carbocycles. The number of anilines is 1. The minimum atomic E-state index is -4.08. The van der Waals surface area contributed by atoms with Gasteiger partial charge in [-0.25, -0.2) is 13.2 Å². The Labute approximate surface area is 198 Å². The fourth-order valence-corrected chi connectivity index (χ4v) is 4.46. The number of ether oxygens (including phenoxy) is 1. The van der Waals surface area contributed by atoms with Crippen LogP contribution in [0.15, 0.2) is 60.0 Å². The molecule has 172 valence electrons. The van der Waals surface area contributed by atoms with Crippen molar-refractivity contribution in [2.75, 3.05) is 17.5 Å². The molecule has 0 atom stereocenters. The standard InChI is InChI=1S/C22H24Cl2N2O5S/c1-5-12-26(16-8-6-15(23)7-9-16)32(29,30)17-10-11-19(24)18(13-17)21(28)31-14-20(27)25-22(2,3)4/h5-11,13H,1,12,14H2,2-4H3,(H,25,27). The summed E-state index contributed by atoms with van der Waals surface area (Å²) in [5.41, 5.74) is -0.302. The van der Waals surface area contributed by atoms with Gasteiger partial charge in [0.2, 0.25) is 0 Å². The molecule has 0 aromatic heterocycles. The molecule has 0 bridgehead atoms. The van der Waals surface area contributed by atoms with Gasteiger partial charge in [-0.3, -0.25) is 9.10 Å². The molecule has 1 N–H and O–H groups in total. The molecule has 0 heterocycles. The first-order chi connectivity index (χ1) is 14.8. The number of halogens is 2. The number of rotatable bonds is 8. The van der Waals surface area contributed by atoms with Gasteiger partial charge in [-0.1, -0.05) is 29.3 Å². The Bertz CT molecular complexity index is 1110. The maximum atomic E-state index is 13.3. The van der Waals surface area contributed by atoms with Crippen molar-refractivity contribution in [3.63, 3.8) is 0 Å². The third kappa shape index (κ3) is 6.72. The number of hydrogen-bond acceptors (Lipinski definition) is 5. The van der Waals surface area contributed by atoms with Crippen LogP contribution in [0.1, 0.15) is 31.1 Å². The van der Waals surface area contributed by atoms with Gasteiger partial charge < -0.3 is 10.1 Å². The Balaban J connectivity index is 2.32. The highest BCUT2D eigenvalue weighted by Gasteiger charge is 2.26. The molecule has 0 radical (unpaired) electrons. The summed E-state index contributed by atoms with van der Waals surface area (Å²) in [6, 6.07) is 9.94. The normalized spacial score (nSPS) is 11.5. The molecule has 10 heteroatoms. The zero-order valence-electron chi connectivity index (χ0n) is 17.9. The molecular formula is C22H24Cl2N2O5S. The predicted octanol–water partition coefficient (Wildman–Crippen LogP) is 4.45. The van der Waals surface area contributed by atoms with Gasteiger partial charge >= 0.3 is 5.97 Å². The summed E-state index contributed by atoms with van der Waals surface area (Å²) in [7, 11) is -4.08. The molecule has 0 spiro atoms. The van der Waals surface area contributed by atoms with E-state index in [2.05, 4.69) is 11.9 Å². The lowest BCUT2D eigenvalue weighted by Crippen LogP contribution is -2.42. The zero-order chi connectivity index (χ0) is 24.1. The van der Waals surface area contributed by atoms with E-state index in [1.807, 2.05) is 0 Å². The molecular weight excluding hydrogens is 475 g/mol. The number of amides is 1. The minimum Gasteiger partial charge on any atom is -0.452 e. The Morgan fingerprint density at radius 3 is 2.31 bits per heavy atom. The molecule has 7 nitrogen and oxygen atoms in total. The lowest BCUT2D eigenvalue weighted by atomic mass is 10.1. The van der Waals surface area contributed by atoms with Crippen molar-refractivity contribution in [3.05, 3.63) is 70.7 Å². The topological polar surface area (TPSA) is 92.8 Å². The van der Waals surface area contributed by atoms with Gasteiger partial charge in [0.25, 0.3) is 15.9 Å². The van der Waals surface area contributed by atoms with Gasteiger partial charge in [0.15, 0.2) is 6.61 Å². The van der Waals surface area contributed by atoms with Crippen LogP contribution in [0, 0.1) is 0 Å². The smallest absolute Gasteiger partial charge is 0.340 e. The van der Waals surface area contributed by atoms with Crippen LogP contribution >= 0.6 is 23.2 Å². The highest BCUT2D eigenvalue weighted by Crippen LogP contribution is 2.28. The number of esters is 1. The molecule has 0 aliphatic carbocycles. The van der Waals surface area contributed by atoms with E-state index >= 15 is 0 Å². The van der Waals surface area contributed by atoms with E-state index in [0.29, 0.717) is 10.7 Å². The number of carbonyl (C=O) groups excluding carboxylic acids is 2. The highest BCUT2D eigenvalue weighted by atomic mass is 35.5. The summed E-state index contributed by atoms with van der Waals surface area (Å²) in [5.74, 6) is -1.41. The number of sulfonamides is 1. The molecule has 0 aliphatic rings. The van der Waals surface area contributed by atoms with Crippen LogP contribution in [0.25, 0.3) is 0 Å². The minimum absolute atomic E-state index is 0.00746. The Morgan fingerprint density at radius 1 is 1.12 bits per heavy atom. The Morgan fingerprint density at radius 2 is 1.75 bits per heavy atom. The van der Waals surface area contributed by atoms with E-state index in [1.165, 1.54) is 18.2 Å². The quantitative estimate of drug-likeness (QED) is 0.428. The molecule has 0 fully saturated rings. The van der Waals surface area contributed by atoms with E-state index in [4.69, 9.17) is 27.9 Å². The molecule has 0 aliphatic heterocycles. The van der Waals surface area contributed by atoms with Crippen molar-refractivity contribution in [1.82, 2.24) is 5.32 Å². The zero-order valence-corrected chi connectivity index (χ0v) is 20.2. The Hall–Kier alpha value is -2.55. The third-order valence-electron chi connectivity index (χ3n) is 4.00. The summed E-state index contributed by atoms with van der Waals surface area (Å²) in [5, 5.41) is 3.10. The monoisotopic (exact) mass is 498 g/mol. The van der Waals surface area contributed by atoms with Gasteiger partial charge in [0.05, 0.1) is 27.7 Å². The summed E-state index contributed by atoms with van der Waals surface area (Å²) in [6.07, 6.45) is 1.44. The number of hydrogen-bond donors (Lipinski definition) is 1. The highest BCUT2D eigenvalue weighted by molar-refractivity contribution is 7.92. The molecule has 2 aromatic rings. The number of carbonyl (C=O) groups is 2. The van der Waals surface area contributed by atoms with Gasteiger partial charge in [-0.2, -0.15) is 0 Å². The summed E-state index contributed by atoms with van der Waals surface area (Å²) in [6.45, 7) is 8.42. The molecule has 1 amide bonds. The predicted molar refractivity (Wildman–Crippen MR) is 126 cm³/mol. The average molecular weight is 499 g/mol. The van der Waals surface area contributed by atoms with Crippen molar-refractivity contribution < 1.29 is 22.7 Å². The summed E-state index contributed by atoms with van der Waals surface area (Å²) < 4.78 is 32.7. The second-order valence-corrected chi connectivity index (χ2v) is 10.5. The van der Waals surface area contributed by atoms with Crippen molar-refractivity contribution in [2.45, 2.75) is 31.2 Å². The fraction of sp³-hybridized carbons (Fsp3) is 0.273. The van der Waals surface area contributed by atoms with E-state index < -0.39 is 34.0 Å². The summed E-state index contributed by atoms with van der Waals surface area (Å²) >= 11 is 12.0. The van der Waals surface area contributed by atoms with E-state index in [0.717, 1.165) is 10.4 Å². The lowest BCUT2D eigenvalue weighted by molar-refractivity contribution is -0.125. The van der Waals surface area contributed by atoms with Crippen LogP contribution < -0.4 is 9.62 Å². The maximum Gasteiger partial charge on any atom is 0.340 e. The van der Waals surface area contributed by atoms with Crippen molar-refractivity contribution in [3.8, 4) is 0 Å². The van der Waals surface area contributed by atoms with Crippen molar-refractivity contribution >= 4 is 50.8 Å². The van der Waals surface area contributed by atoms with Gasteiger partial charge in [0.1, 0.15) is 0 Å². The van der Waals surface area contributed by atoms with Gasteiger partial charge in [-0.15, -0.1) is 6.58 Å². The summed E-state index contributed by atoms with van der Waals surface area (Å²) in [4.78, 5) is 24.2. The maximum absolute atomic E-state index is 13.3. The Kier molecular flexibility index (Phi) is 8.34. The molecule has 32 heavy (non-hydrogen) atoms. The van der Waals surface area contributed by atoms with E-state index in [-0.39, 0.29) is 22.0 Å². The second-order valence-electron chi connectivity index (χ2n) is 7.82. The largest absolute Gasteiger partial charge is 0.452 e. The first-order valence-electron chi connectivity index (χ1n) is 9.52. The SMILES string of the molecule is C=CCN(c1ccc(Cl)cc1)S(=O)(=O)c1ccc(Cl)c(C(=O)OCC(=O)NC(C)(C)C)c1. The van der Waals surface area contributed by atoms with Crippen LogP contribution in [0.4, 0.5) is 5.69 Å². The van der Waals surface area contributed by atoms with Gasteiger partial charge in [-0.05, 0) is 63.2 Å². The van der Waals surface area contributed by atoms with Gasteiger partial charge in [0, 0.05) is 10.6 Å². The van der Waals surface area contributed by atoms with Crippen LogP contribution in [0.3, 0.4) is 0 Å². The van der Waals surface area contributed by atoms with E-state index in [1.54, 1.807) is 45.0 Å². The first kappa shape index (κ1) is 25.7. The van der Waals surface area contributed by atoms with Crippen LogP contribution in [-0.2, 0) is 19.6 Å². The third-order valence-corrected chi connectivity index (χ3v) is 6.38. The fourth-order valence-electron chi connectivity index (χ4n) is 2.68. The molecule has 2 rings (SSSR count). The second kappa shape index (κ2) is 10.4. The van der Waals surface area contributed by atoms with Crippen LogP contribution in [-0.4, -0.2) is 39.0 Å². The number of nitrogens with one attached hydrogen (secondary N) is 1. The van der Waals surface area contributed by atoms with Crippen LogP contribution in [0.5, 0.6) is 0 Å². The van der Waals surface area contributed by atoms with Crippen LogP contribution in [0.2, 0.25) is 10.0 Å². The molecule has 0 unspecified atom stereocenters. The number of benzene rings is 2. The molecule has 0 saturated heterocycles. The van der Waals surface area contributed by atoms with E-state index in [9.17, 15) is 18.0 Å². The van der Waals surface area contributed by atoms with Crippen molar-refractivity contribution in [2.24, 2.45) is 0 Å². The molecule has 2 aromatic carbocycles.